The number of hydrogen-bond acceptors (Lipinski definition) is 4. The molecule has 1 amide bonds. The standard InChI is InChI=1S/C18H13F6N3O3/c19-17(20,21)10-3-1-4-11(7-10)27-15(18(22,23)24)12(8-26-27)16(29)25-9-13(28)14-5-2-6-30-14/h1-8,13,28H,9H2,(H,25,29). The van der Waals surface area contributed by atoms with E-state index in [-0.39, 0.29) is 10.4 Å². The molecule has 160 valence electrons. The van der Waals surface area contributed by atoms with Crippen molar-refractivity contribution in [1.82, 2.24) is 15.1 Å². The van der Waals surface area contributed by atoms with E-state index in [0.29, 0.717) is 18.3 Å². The maximum absolute atomic E-state index is 13.6. The zero-order valence-corrected chi connectivity index (χ0v) is 14.8. The third-order valence-corrected chi connectivity index (χ3v) is 4.03. The van der Waals surface area contributed by atoms with E-state index < -0.39 is 53.4 Å². The third-order valence-electron chi connectivity index (χ3n) is 4.03. The predicted octanol–water partition coefficient (Wildman–Crippen LogP) is 3.97. The molecule has 12 heteroatoms. The fourth-order valence-corrected chi connectivity index (χ4v) is 2.66. The molecule has 3 rings (SSSR count). The molecular weight excluding hydrogens is 420 g/mol. The van der Waals surface area contributed by atoms with Gasteiger partial charge in [-0.05, 0) is 30.3 Å². The van der Waals surface area contributed by atoms with Gasteiger partial charge in [-0.25, -0.2) is 4.68 Å². The first-order valence-electron chi connectivity index (χ1n) is 8.31. The molecule has 0 saturated carbocycles. The number of amides is 1. The summed E-state index contributed by atoms with van der Waals surface area (Å²) in [6, 6.07) is 6.00. The Hall–Kier alpha value is -3.28. The predicted molar refractivity (Wildman–Crippen MR) is 89.6 cm³/mol. The molecule has 6 nitrogen and oxygen atoms in total. The van der Waals surface area contributed by atoms with Gasteiger partial charge in [0, 0.05) is 0 Å². The second kappa shape index (κ2) is 7.86. The highest BCUT2D eigenvalue weighted by Crippen LogP contribution is 2.35. The van der Waals surface area contributed by atoms with Crippen LogP contribution in [-0.4, -0.2) is 27.3 Å². The number of aliphatic hydroxyl groups excluding tert-OH is 1. The van der Waals surface area contributed by atoms with Crippen molar-refractivity contribution in [2.24, 2.45) is 0 Å². The molecule has 3 aromatic rings. The minimum atomic E-state index is -5.10. The Morgan fingerprint density at radius 1 is 1.13 bits per heavy atom. The number of hydrogen-bond donors (Lipinski definition) is 2. The molecule has 0 aliphatic carbocycles. The van der Waals surface area contributed by atoms with Crippen molar-refractivity contribution in [3.05, 3.63) is 71.4 Å². The van der Waals surface area contributed by atoms with Crippen molar-refractivity contribution >= 4 is 5.91 Å². The lowest BCUT2D eigenvalue weighted by Gasteiger charge is -2.15. The number of halogens is 6. The van der Waals surface area contributed by atoms with Crippen LogP contribution in [0.4, 0.5) is 26.3 Å². The Kier molecular flexibility index (Phi) is 5.61. The molecule has 2 aromatic heterocycles. The molecule has 1 aromatic carbocycles. The highest BCUT2D eigenvalue weighted by molar-refractivity contribution is 5.95. The van der Waals surface area contributed by atoms with E-state index in [1.54, 1.807) is 0 Å². The summed E-state index contributed by atoms with van der Waals surface area (Å²) in [6.45, 7) is -0.460. The van der Waals surface area contributed by atoms with E-state index in [4.69, 9.17) is 4.42 Å². The number of aliphatic hydroxyl groups is 1. The Morgan fingerprint density at radius 2 is 1.87 bits per heavy atom. The normalized spacial score (nSPS) is 13.3. The van der Waals surface area contributed by atoms with Crippen LogP contribution in [0.15, 0.2) is 53.3 Å². The SMILES string of the molecule is O=C(NCC(O)c1ccco1)c1cnn(-c2cccc(C(F)(F)F)c2)c1C(F)(F)F. The number of aromatic nitrogens is 2. The van der Waals surface area contributed by atoms with Crippen LogP contribution in [0.3, 0.4) is 0 Å². The first-order chi connectivity index (χ1) is 14.0. The van der Waals surface area contributed by atoms with Crippen molar-refractivity contribution in [3.63, 3.8) is 0 Å². The van der Waals surface area contributed by atoms with Crippen LogP contribution >= 0.6 is 0 Å². The molecule has 0 fully saturated rings. The van der Waals surface area contributed by atoms with Gasteiger partial charge in [-0.1, -0.05) is 6.07 Å². The van der Waals surface area contributed by atoms with Gasteiger partial charge in [-0.3, -0.25) is 4.79 Å². The maximum Gasteiger partial charge on any atom is 0.434 e. The van der Waals surface area contributed by atoms with Crippen molar-refractivity contribution < 1.29 is 40.7 Å². The summed E-state index contributed by atoms with van der Waals surface area (Å²) in [5.74, 6) is -1.13. The average molecular weight is 433 g/mol. The van der Waals surface area contributed by atoms with Crippen molar-refractivity contribution in [2.75, 3.05) is 6.54 Å². The number of rotatable bonds is 5. The Bertz CT molecular complexity index is 1020. The average Bonchev–Trinajstić information content (AvgIpc) is 3.34. The summed E-state index contributed by atoms with van der Waals surface area (Å²) in [6.07, 6.45) is -9.32. The lowest BCUT2D eigenvalue weighted by atomic mass is 10.1. The van der Waals surface area contributed by atoms with Gasteiger partial charge in [0.25, 0.3) is 5.91 Å². The fourth-order valence-electron chi connectivity index (χ4n) is 2.66. The van der Waals surface area contributed by atoms with E-state index in [0.717, 1.165) is 12.1 Å². The summed E-state index contributed by atoms with van der Waals surface area (Å²) in [5, 5.41) is 15.4. The molecule has 0 radical (unpaired) electrons. The van der Waals surface area contributed by atoms with Crippen molar-refractivity contribution in [2.45, 2.75) is 18.5 Å². The molecule has 1 unspecified atom stereocenters. The second-order valence-electron chi connectivity index (χ2n) is 6.11. The highest BCUT2D eigenvalue weighted by atomic mass is 19.4. The van der Waals surface area contributed by atoms with Gasteiger partial charge in [-0.15, -0.1) is 0 Å². The Morgan fingerprint density at radius 3 is 2.47 bits per heavy atom. The van der Waals surface area contributed by atoms with Gasteiger partial charge in [0.05, 0.1) is 35.8 Å². The summed E-state index contributed by atoms with van der Waals surface area (Å²) in [7, 11) is 0. The molecule has 0 spiro atoms. The van der Waals surface area contributed by atoms with Crippen molar-refractivity contribution in [3.8, 4) is 5.69 Å². The van der Waals surface area contributed by atoms with Crippen LogP contribution < -0.4 is 5.32 Å². The quantitative estimate of drug-likeness (QED) is 0.597. The lowest BCUT2D eigenvalue weighted by molar-refractivity contribution is -0.143. The largest absolute Gasteiger partial charge is 0.467 e. The fraction of sp³-hybridized carbons (Fsp3) is 0.222. The van der Waals surface area contributed by atoms with Crippen LogP contribution in [0.1, 0.15) is 33.5 Å². The molecule has 30 heavy (non-hydrogen) atoms. The minimum Gasteiger partial charge on any atom is -0.467 e. The molecule has 1 atom stereocenters. The molecule has 0 saturated heterocycles. The van der Waals surface area contributed by atoms with Crippen LogP contribution in [0.5, 0.6) is 0 Å². The molecule has 2 heterocycles. The highest BCUT2D eigenvalue weighted by Gasteiger charge is 2.41. The maximum atomic E-state index is 13.6. The first kappa shape index (κ1) is 21.4. The van der Waals surface area contributed by atoms with Crippen LogP contribution in [-0.2, 0) is 12.4 Å². The Labute approximate surface area is 164 Å². The number of carbonyl (C=O) groups excluding carboxylic acids is 1. The topological polar surface area (TPSA) is 80.3 Å². The van der Waals surface area contributed by atoms with Crippen LogP contribution in [0.25, 0.3) is 5.69 Å². The van der Waals surface area contributed by atoms with Gasteiger partial charge < -0.3 is 14.8 Å². The Balaban J connectivity index is 1.92. The van der Waals surface area contributed by atoms with E-state index in [1.807, 2.05) is 0 Å². The zero-order valence-electron chi connectivity index (χ0n) is 14.8. The summed E-state index contributed by atoms with van der Waals surface area (Å²) in [5.41, 5.74) is -4.15. The van der Waals surface area contributed by atoms with Crippen molar-refractivity contribution in [1.29, 1.82) is 0 Å². The van der Waals surface area contributed by atoms with Crippen LogP contribution in [0, 0.1) is 0 Å². The number of nitrogens with one attached hydrogen (secondary N) is 1. The molecule has 2 N–H and O–H groups in total. The molecular formula is C18H13F6N3O3. The smallest absolute Gasteiger partial charge is 0.434 e. The zero-order chi connectivity index (χ0) is 22.1. The molecule has 0 aliphatic rings. The van der Waals surface area contributed by atoms with E-state index in [2.05, 4.69) is 10.4 Å². The number of furan rings is 1. The third kappa shape index (κ3) is 4.48. The van der Waals surface area contributed by atoms with Gasteiger partial charge >= 0.3 is 12.4 Å². The number of nitrogens with zero attached hydrogens (tertiary/aromatic N) is 2. The molecule has 0 bridgehead atoms. The lowest BCUT2D eigenvalue weighted by Crippen LogP contribution is -2.30. The van der Waals surface area contributed by atoms with Gasteiger partial charge in [-0.2, -0.15) is 31.4 Å². The van der Waals surface area contributed by atoms with E-state index in [1.165, 1.54) is 18.4 Å². The monoisotopic (exact) mass is 433 g/mol. The van der Waals surface area contributed by atoms with Crippen LogP contribution in [0.2, 0.25) is 0 Å². The second-order valence-corrected chi connectivity index (χ2v) is 6.11. The molecule has 0 aliphatic heterocycles. The number of carbonyl (C=O) groups is 1. The van der Waals surface area contributed by atoms with Gasteiger partial charge in [0.1, 0.15) is 11.9 Å². The number of benzene rings is 1. The summed E-state index contributed by atoms with van der Waals surface area (Å²) < 4.78 is 84.7. The first-order valence-corrected chi connectivity index (χ1v) is 8.31. The van der Waals surface area contributed by atoms with Gasteiger partial charge in [0.15, 0.2) is 5.69 Å². The van der Waals surface area contributed by atoms with E-state index >= 15 is 0 Å². The number of alkyl halides is 6. The van der Waals surface area contributed by atoms with Gasteiger partial charge in [0.2, 0.25) is 0 Å². The van der Waals surface area contributed by atoms with E-state index in [9.17, 15) is 36.2 Å². The summed E-state index contributed by atoms with van der Waals surface area (Å²) in [4.78, 5) is 12.3. The summed E-state index contributed by atoms with van der Waals surface area (Å²) >= 11 is 0. The minimum absolute atomic E-state index is 0.0889.